The first-order chi connectivity index (χ1) is 17.1. The lowest BCUT2D eigenvalue weighted by Crippen LogP contribution is -2.41. The second kappa shape index (κ2) is 9.66. The monoisotopic (exact) mass is 499 g/mol. The van der Waals surface area contributed by atoms with E-state index in [0.717, 1.165) is 12.1 Å². The van der Waals surface area contributed by atoms with E-state index in [2.05, 4.69) is 10.3 Å². The third-order valence-corrected chi connectivity index (χ3v) is 4.80. The fourth-order valence-corrected chi connectivity index (χ4v) is 3.23. The molecule has 2 heterocycles. The van der Waals surface area contributed by atoms with Crippen LogP contribution in [-0.4, -0.2) is 32.7 Å². The number of carbonyl (C=O) groups excluding carboxylic acids is 2. The van der Waals surface area contributed by atoms with Gasteiger partial charge in [-0.15, -0.1) is 0 Å². The molecule has 0 saturated carbocycles. The molecule has 0 aliphatic heterocycles. The summed E-state index contributed by atoms with van der Waals surface area (Å²) in [5, 5.41) is 11.6. The Bertz CT molecular complexity index is 1470. The summed E-state index contributed by atoms with van der Waals surface area (Å²) in [6.45, 7) is 0. The number of nitrogens with zero attached hydrogens (tertiary/aromatic N) is 2. The van der Waals surface area contributed by atoms with Crippen molar-refractivity contribution in [3.63, 3.8) is 0 Å². The van der Waals surface area contributed by atoms with Crippen LogP contribution in [0.1, 0.15) is 16.1 Å². The van der Waals surface area contributed by atoms with Gasteiger partial charge in [-0.05, 0) is 48.5 Å². The van der Waals surface area contributed by atoms with Crippen molar-refractivity contribution in [2.45, 2.75) is 6.18 Å². The molecule has 0 saturated heterocycles. The molecule has 0 radical (unpaired) electrons. The number of amides is 3. The number of pyridine rings is 1. The Hall–Kier alpha value is -5.07. The van der Waals surface area contributed by atoms with Crippen LogP contribution >= 0.6 is 0 Å². The maximum Gasteiger partial charge on any atom is 0.423 e. The zero-order chi connectivity index (χ0) is 25.9. The van der Waals surface area contributed by atoms with Crippen LogP contribution in [-0.2, 0) is 6.18 Å². The highest BCUT2D eigenvalue weighted by Crippen LogP contribution is 2.31. The average molecular weight is 499 g/mol. The number of fused-ring (bicyclic) bond motifs is 1. The first kappa shape index (κ1) is 24.1. The summed E-state index contributed by atoms with van der Waals surface area (Å²) in [7, 11) is 0. The van der Waals surface area contributed by atoms with Gasteiger partial charge in [0.25, 0.3) is 5.91 Å². The lowest BCUT2D eigenvalue weighted by atomic mass is 10.2. The van der Waals surface area contributed by atoms with Crippen LogP contribution in [0.25, 0.3) is 10.9 Å². The third-order valence-electron chi connectivity index (χ3n) is 4.80. The minimum atomic E-state index is -4.54. The number of benzene rings is 2. The van der Waals surface area contributed by atoms with Crippen LogP contribution in [0.15, 0.2) is 73.1 Å². The van der Waals surface area contributed by atoms with Crippen molar-refractivity contribution in [1.29, 1.82) is 0 Å². The number of hydrazine groups is 1. The highest BCUT2D eigenvalue weighted by atomic mass is 19.4. The molecule has 10 nitrogen and oxygen atoms in total. The van der Waals surface area contributed by atoms with Crippen molar-refractivity contribution in [3.8, 4) is 11.5 Å². The standard InChI is InChI=1S/C23H16F3N5O5/c24-23(25,26)14-2-1-3-15(11-14)28-21(33)31-9-7-13-10-16(4-5-19(13)31)36-17-6-8-27-18(12-17)20(32)29-30-22(34)35/h1-12,30H,(H,28,33)(H,29,32)(H,34,35). The fourth-order valence-electron chi connectivity index (χ4n) is 3.23. The average Bonchev–Trinajstić information content (AvgIpc) is 3.26. The molecule has 0 aliphatic rings. The van der Waals surface area contributed by atoms with Gasteiger partial charge >= 0.3 is 18.3 Å². The van der Waals surface area contributed by atoms with Crippen molar-refractivity contribution in [2.24, 2.45) is 0 Å². The maximum absolute atomic E-state index is 12.9. The highest BCUT2D eigenvalue weighted by molar-refractivity contribution is 5.99. The number of alkyl halides is 3. The topological polar surface area (TPSA) is 135 Å². The zero-order valence-electron chi connectivity index (χ0n) is 18.0. The van der Waals surface area contributed by atoms with Crippen molar-refractivity contribution in [1.82, 2.24) is 20.4 Å². The van der Waals surface area contributed by atoms with Crippen LogP contribution in [0.4, 0.5) is 28.4 Å². The second-order valence-corrected chi connectivity index (χ2v) is 7.28. The van der Waals surface area contributed by atoms with E-state index in [1.807, 2.05) is 5.43 Å². The molecule has 0 aliphatic carbocycles. The van der Waals surface area contributed by atoms with E-state index in [1.54, 1.807) is 29.7 Å². The quantitative estimate of drug-likeness (QED) is 0.297. The Morgan fingerprint density at radius 3 is 2.47 bits per heavy atom. The molecule has 13 heteroatoms. The van der Waals surface area contributed by atoms with Crippen LogP contribution in [0.5, 0.6) is 11.5 Å². The predicted octanol–water partition coefficient (Wildman–Crippen LogP) is 4.84. The minimum absolute atomic E-state index is 0.00675. The summed E-state index contributed by atoms with van der Waals surface area (Å²) in [4.78, 5) is 39.0. The number of anilines is 1. The number of nitrogens with one attached hydrogen (secondary N) is 3. The summed E-state index contributed by atoms with van der Waals surface area (Å²) < 4.78 is 45.8. The smallest absolute Gasteiger partial charge is 0.423 e. The van der Waals surface area contributed by atoms with Gasteiger partial charge < -0.3 is 15.2 Å². The van der Waals surface area contributed by atoms with Gasteiger partial charge in [0.2, 0.25) is 0 Å². The fraction of sp³-hybridized carbons (Fsp3) is 0.0435. The SMILES string of the molecule is O=C(O)NNC(=O)c1cc(Oc2ccc3c(ccn3C(=O)Nc3cccc(C(F)(F)F)c3)c2)ccn1. The number of carboxylic acid groups (broad SMARTS) is 1. The molecule has 3 amide bonds. The van der Waals surface area contributed by atoms with Gasteiger partial charge in [0.05, 0.1) is 11.1 Å². The molecular formula is C23H16F3N5O5. The molecule has 36 heavy (non-hydrogen) atoms. The van der Waals surface area contributed by atoms with Gasteiger partial charge in [-0.1, -0.05) is 6.07 Å². The van der Waals surface area contributed by atoms with Crippen molar-refractivity contribution < 1.29 is 37.4 Å². The molecule has 4 N–H and O–H groups in total. The molecule has 4 rings (SSSR count). The first-order valence-electron chi connectivity index (χ1n) is 10.1. The van der Waals surface area contributed by atoms with E-state index < -0.39 is 29.8 Å². The number of hydrogen-bond donors (Lipinski definition) is 4. The van der Waals surface area contributed by atoms with Crippen molar-refractivity contribution in [3.05, 3.63) is 84.3 Å². The summed E-state index contributed by atoms with van der Waals surface area (Å²) in [6, 6.07) is 12.8. The van der Waals surface area contributed by atoms with Gasteiger partial charge in [0.1, 0.15) is 17.2 Å². The van der Waals surface area contributed by atoms with Crippen LogP contribution < -0.4 is 20.9 Å². The third kappa shape index (κ3) is 5.52. The molecule has 184 valence electrons. The second-order valence-electron chi connectivity index (χ2n) is 7.28. The van der Waals surface area contributed by atoms with Crippen LogP contribution in [0, 0.1) is 0 Å². The zero-order valence-corrected chi connectivity index (χ0v) is 18.0. The Morgan fingerprint density at radius 2 is 1.72 bits per heavy atom. The Labute approximate surface area is 200 Å². The summed E-state index contributed by atoms with van der Waals surface area (Å²) in [6.07, 6.45) is -3.22. The molecule has 2 aromatic heterocycles. The normalized spacial score (nSPS) is 11.1. The molecular weight excluding hydrogens is 483 g/mol. The number of halogens is 3. The molecule has 0 atom stereocenters. The predicted molar refractivity (Wildman–Crippen MR) is 121 cm³/mol. The van der Waals surface area contributed by atoms with Gasteiger partial charge in [-0.3, -0.25) is 19.8 Å². The summed E-state index contributed by atoms with van der Waals surface area (Å²) in [5.41, 5.74) is 3.16. The van der Waals surface area contributed by atoms with E-state index in [4.69, 9.17) is 9.84 Å². The van der Waals surface area contributed by atoms with E-state index in [0.29, 0.717) is 16.7 Å². The van der Waals surface area contributed by atoms with Gasteiger partial charge in [-0.2, -0.15) is 13.2 Å². The van der Waals surface area contributed by atoms with Gasteiger partial charge in [0, 0.05) is 29.5 Å². The highest BCUT2D eigenvalue weighted by Gasteiger charge is 2.30. The molecule has 0 unspecified atom stereocenters. The molecule has 0 bridgehead atoms. The minimum Gasteiger partial charge on any atom is -0.464 e. The van der Waals surface area contributed by atoms with Crippen LogP contribution in [0.3, 0.4) is 0 Å². The first-order valence-corrected chi connectivity index (χ1v) is 10.1. The molecule has 0 spiro atoms. The summed E-state index contributed by atoms with van der Waals surface area (Å²) >= 11 is 0. The Balaban J connectivity index is 1.49. The van der Waals surface area contributed by atoms with E-state index >= 15 is 0 Å². The van der Waals surface area contributed by atoms with Crippen LogP contribution in [0.2, 0.25) is 0 Å². The van der Waals surface area contributed by atoms with Gasteiger partial charge in [0.15, 0.2) is 0 Å². The maximum atomic E-state index is 12.9. The van der Waals surface area contributed by atoms with E-state index in [1.165, 1.54) is 41.2 Å². The number of ether oxygens (including phenoxy) is 1. The lowest BCUT2D eigenvalue weighted by Gasteiger charge is -2.11. The number of aromatic nitrogens is 2. The van der Waals surface area contributed by atoms with Crippen molar-refractivity contribution >= 4 is 34.6 Å². The molecule has 4 aromatic rings. The largest absolute Gasteiger partial charge is 0.464 e. The van der Waals surface area contributed by atoms with Crippen molar-refractivity contribution in [2.75, 3.05) is 5.32 Å². The Morgan fingerprint density at radius 1 is 0.944 bits per heavy atom. The summed E-state index contributed by atoms with van der Waals surface area (Å²) in [5.74, 6) is -0.187. The Kier molecular flexibility index (Phi) is 6.46. The number of rotatable bonds is 4. The van der Waals surface area contributed by atoms with Gasteiger partial charge in [-0.25, -0.2) is 15.0 Å². The van der Waals surface area contributed by atoms with E-state index in [9.17, 15) is 27.6 Å². The molecule has 2 aromatic carbocycles. The number of carbonyl (C=O) groups is 3. The van der Waals surface area contributed by atoms with E-state index in [-0.39, 0.29) is 17.1 Å². The molecule has 0 fully saturated rings. The number of hydrogen-bond acceptors (Lipinski definition) is 5. The lowest BCUT2D eigenvalue weighted by molar-refractivity contribution is -0.137.